The van der Waals surface area contributed by atoms with Gasteiger partial charge < -0.3 is 15.0 Å². The Balaban J connectivity index is 1.92. The zero-order valence-corrected chi connectivity index (χ0v) is 11.9. The third-order valence-corrected chi connectivity index (χ3v) is 3.04. The fraction of sp³-hybridized carbons (Fsp3) is 0.467. The van der Waals surface area contributed by atoms with E-state index in [-0.39, 0.29) is 24.5 Å². The van der Waals surface area contributed by atoms with Crippen LogP contribution in [0.25, 0.3) is 0 Å². The zero-order chi connectivity index (χ0) is 14.5. The summed E-state index contributed by atoms with van der Waals surface area (Å²) in [6.07, 6.45) is 1.06. The topological polar surface area (TPSA) is 58.6 Å². The Morgan fingerprint density at radius 3 is 2.90 bits per heavy atom. The molecule has 0 saturated heterocycles. The number of rotatable bonds is 5. The van der Waals surface area contributed by atoms with E-state index in [1.807, 2.05) is 38.1 Å². The first-order valence-corrected chi connectivity index (χ1v) is 6.89. The second kappa shape index (κ2) is 6.41. The number of carbonyl (C=O) groups excluding carboxylic acids is 2. The minimum Gasteiger partial charge on any atom is -0.482 e. The minimum absolute atomic E-state index is 0.0222. The Morgan fingerprint density at radius 2 is 2.15 bits per heavy atom. The van der Waals surface area contributed by atoms with Crippen molar-refractivity contribution in [2.45, 2.75) is 32.7 Å². The molecule has 1 aromatic rings. The molecule has 0 fully saturated rings. The molecule has 20 heavy (non-hydrogen) atoms. The molecule has 1 aliphatic rings. The van der Waals surface area contributed by atoms with Crippen LogP contribution in [0.15, 0.2) is 24.3 Å². The van der Waals surface area contributed by atoms with E-state index in [0.717, 1.165) is 11.4 Å². The summed E-state index contributed by atoms with van der Waals surface area (Å²) in [5.74, 6) is 0.681. The molecular formula is C15H20N2O3. The lowest BCUT2D eigenvalue weighted by Gasteiger charge is -2.29. The largest absolute Gasteiger partial charge is 0.482 e. The Bertz CT molecular complexity index is 500. The number of benzene rings is 1. The molecule has 0 unspecified atom stereocenters. The number of ether oxygens (including phenoxy) is 1. The van der Waals surface area contributed by atoms with Gasteiger partial charge in [0.05, 0.1) is 5.69 Å². The van der Waals surface area contributed by atoms with E-state index in [4.69, 9.17) is 4.74 Å². The number of carbonyl (C=O) groups is 2. The average molecular weight is 276 g/mol. The highest BCUT2D eigenvalue weighted by molar-refractivity contribution is 5.97. The van der Waals surface area contributed by atoms with Crippen molar-refractivity contribution in [2.24, 2.45) is 0 Å². The summed E-state index contributed by atoms with van der Waals surface area (Å²) in [4.78, 5) is 25.2. The van der Waals surface area contributed by atoms with E-state index >= 15 is 0 Å². The van der Waals surface area contributed by atoms with Crippen LogP contribution in [0.4, 0.5) is 5.69 Å². The van der Waals surface area contributed by atoms with Crippen LogP contribution in [0.1, 0.15) is 26.7 Å². The van der Waals surface area contributed by atoms with Crippen LogP contribution < -0.4 is 15.0 Å². The normalized spacial score (nSPS) is 13.9. The van der Waals surface area contributed by atoms with Gasteiger partial charge in [0.2, 0.25) is 5.91 Å². The Morgan fingerprint density at radius 1 is 1.40 bits per heavy atom. The van der Waals surface area contributed by atoms with Crippen molar-refractivity contribution in [3.05, 3.63) is 24.3 Å². The number of fused-ring (bicyclic) bond motifs is 1. The monoisotopic (exact) mass is 276 g/mol. The second-order valence-electron chi connectivity index (χ2n) is 5.13. The van der Waals surface area contributed by atoms with Gasteiger partial charge in [-0.15, -0.1) is 0 Å². The van der Waals surface area contributed by atoms with Gasteiger partial charge in [-0.05, 0) is 32.4 Å². The predicted molar refractivity (Wildman–Crippen MR) is 76.8 cm³/mol. The van der Waals surface area contributed by atoms with Crippen molar-refractivity contribution in [1.82, 2.24) is 5.32 Å². The molecule has 1 heterocycles. The number of hydrogen-bond donors (Lipinski definition) is 1. The van der Waals surface area contributed by atoms with Crippen LogP contribution >= 0.6 is 0 Å². The van der Waals surface area contributed by atoms with Crippen molar-refractivity contribution in [3.63, 3.8) is 0 Å². The molecule has 0 aromatic heterocycles. The highest BCUT2D eigenvalue weighted by atomic mass is 16.5. The Labute approximate surface area is 118 Å². The van der Waals surface area contributed by atoms with Crippen LogP contribution in [-0.2, 0) is 9.59 Å². The standard InChI is InChI=1S/C15H20N2O3/c1-11(2)16-14(18)8-5-9-17-12-6-3-4-7-13(12)20-10-15(17)19/h3-4,6-7,11H,5,8-10H2,1-2H3,(H,16,18). The molecule has 0 bridgehead atoms. The predicted octanol–water partition coefficient (Wildman–Crippen LogP) is 1.72. The first kappa shape index (κ1) is 14.4. The quantitative estimate of drug-likeness (QED) is 0.890. The summed E-state index contributed by atoms with van der Waals surface area (Å²) in [6.45, 7) is 4.46. The summed E-state index contributed by atoms with van der Waals surface area (Å²) in [5.41, 5.74) is 0.785. The molecule has 0 radical (unpaired) electrons. The molecule has 108 valence electrons. The number of nitrogens with zero attached hydrogens (tertiary/aromatic N) is 1. The third-order valence-electron chi connectivity index (χ3n) is 3.04. The second-order valence-corrected chi connectivity index (χ2v) is 5.13. The van der Waals surface area contributed by atoms with Crippen LogP contribution in [-0.4, -0.2) is 31.0 Å². The summed E-state index contributed by atoms with van der Waals surface area (Å²) < 4.78 is 5.38. The number of para-hydroxylation sites is 2. The van der Waals surface area contributed by atoms with Gasteiger partial charge in [0.1, 0.15) is 5.75 Å². The van der Waals surface area contributed by atoms with Gasteiger partial charge in [0.25, 0.3) is 5.91 Å². The van der Waals surface area contributed by atoms with E-state index in [9.17, 15) is 9.59 Å². The van der Waals surface area contributed by atoms with Crippen molar-refractivity contribution in [3.8, 4) is 5.75 Å². The molecule has 1 aromatic carbocycles. The van der Waals surface area contributed by atoms with Gasteiger partial charge in [0.15, 0.2) is 6.61 Å². The first-order chi connectivity index (χ1) is 9.58. The summed E-state index contributed by atoms with van der Waals surface area (Å²) >= 11 is 0. The smallest absolute Gasteiger partial charge is 0.265 e. The number of nitrogens with one attached hydrogen (secondary N) is 1. The van der Waals surface area contributed by atoms with Gasteiger partial charge in [-0.1, -0.05) is 12.1 Å². The van der Waals surface area contributed by atoms with Crippen molar-refractivity contribution >= 4 is 17.5 Å². The number of amides is 2. The van der Waals surface area contributed by atoms with Crippen LogP contribution in [0, 0.1) is 0 Å². The third kappa shape index (κ3) is 3.50. The van der Waals surface area contributed by atoms with Crippen LogP contribution in [0.3, 0.4) is 0 Å². The highest BCUT2D eigenvalue weighted by Crippen LogP contribution is 2.31. The van der Waals surface area contributed by atoms with Gasteiger partial charge in [-0.25, -0.2) is 0 Å². The van der Waals surface area contributed by atoms with Crippen LogP contribution in [0.2, 0.25) is 0 Å². The Kier molecular flexibility index (Phi) is 4.61. The highest BCUT2D eigenvalue weighted by Gasteiger charge is 2.24. The zero-order valence-electron chi connectivity index (χ0n) is 11.9. The molecule has 2 rings (SSSR count). The molecule has 2 amide bonds. The van der Waals surface area contributed by atoms with Gasteiger partial charge >= 0.3 is 0 Å². The lowest BCUT2D eigenvalue weighted by molar-refractivity contribution is -0.123. The summed E-state index contributed by atoms with van der Waals surface area (Å²) in [6, 6.07) is 7.61. The fourth-order valence-electron chi connectivity index (χ4n) is 2.19. The molecule has 1 N–H and O–H groups in total. The molecule has 5 heteroatoms. The number of anilines is 1. The molecular weight excluding hydrogens is 256 g/mol. The van der Waals surface area contributed by atoms with Crippen LogP contribution in [0.5, 0.6) is 5.75 Å². The Hall–Kier alpha value is -2.04. The van der Waals surface area contributed by atoms with Crippen molar-refractivity contribution < 1.29 is 14.3 Å². The molecule has 0 atom stereocenters. The van der Waals surface area contributed by atoms with E-state index in [2.05, 4.69) is 5.32 Å². The molecule has 0 aliphatic carbocycles. The van der Waals surface area contributed by atoms with Gasteiger partial charge in [-0.2, -0.15) is 0 Å². The first-order valence-electron chi connectivity index (χ1n) is 6.89. The van der Waals surface area contributed by atoms with Crippen molar-refractivity contribution in [1.29, 1.82) is 0 Å². The van der Waals surface area contributed by atoms with Gasteiger partial charge in [0, 0.05) is 19.0 Å². The van der Waals surface area contributed by atoms with E-state index in [0.29, 0.717) is 19.4 Å². The lowest BCUT2D eigenvalue weighted by Crippen LogP contribution is -2.40. The summed E-state index contributed by atoms with van der Waals surface area (Å²) in [5, 5.41) is 2.84. The lowest BCUT2D eigenvalue weighted by atomic mass is 10.2. The van der Waals surface area contributed by atoms with E-state index in [1.165, 1.54) is 0 Å². The van der Waals surface area contributed by atoms with Gasteiger partial charge in [-0.3, -0.25) is 9.59 Å². The molecule has 5 nitrogen and oxygen atoms in total. The van der Waals surface area contributed by atoms with Crippen molar-refractivity contribution in [2.75, 3.05) is 18.1 Å². The average Bonchev–Trinajstić information content (AvgIpc) is 2.40. The minimum atomic E-state index is -0.0621. The maximum Gasteiger partial charge on any atom is 0.265 e. The van der Waals surface area contributed by atoms with E-state index in [1.54, 1.807) is 4.90 Å². The maximum atomic E-state index is 11.9. The molecule has 0 saturated carbocycles. The summed E-state index contributed by atoms with van der Waals surface area (Å²) in [7, 11) is 0. The fourth-order valence-corrected chi connectivity index (χ4v) is 2.19. The van der Waals surface area contributed by atoms with E-state index < -0.39 is 0 Å². The molecule has 0 spiro atoms. The maximum absolute atomic E-state index is 11.9. The SMILES string of the molecule is CC(C)NC(=O)CCCN1C(=O)COc2ccccc21. The molecule has 1 aliphatic heterocycles. The number of hydrogen-bond acceptors (Lipinski definition) is 3.